The van der Waals surface area contributed by atoms with Gasteiger partial charge in [-0.2, -0.15) is 0 Å². The summed E-state index contributed by atoms with van der Waals surface area (Å²) >= 11 is 0. The second kappa shape index (κ2) is 7.17. The van der Waals surface area contributed by atoms with Crippen LogP contribution in [0.25, 0.3) is 0 Å². The van der Waals surface area contributed by atoms with E-state index < -0.39 is 0 Å². The molecule has 0 spiro atoms. The van der Waals surface area contributed by atoms with Gasteiger partial charge in [-0.25, -0.2) is 0 Å². The van der Waals surface area contributed by atoms with Crippen molar-refractivity contribution in [2.75, 3.05) is 24.3 Å². The van der Waals surface area contributed by atoms with Gasteiger partial charge in [-0.05, 0) is 30.9 Å². The standard InChI is InChI=1S/C16H24N2O2/c1-12(19)18-15-9-8-14(10-16(15)20-2)17-11-13-6-4-3-5-7-13/h8-10,13,17H,3-7,11H2,1-2H3,(H,18,19). The topological polar surface area (TPSA) is 50.4 Å². The number of nitrogens with one attached hydrogen (secondary N) is 2. The van der Waals surface area contributed by atoms with Gasteiger partial charge in [0, 0.05) is 25.2 Å². The summed E-state index contributed by atoms with van der Waals surface area (Å²) in [6, 6.07) is 5.80. The molecule has 0 heterocycles. The fourth-order valence-corrected chi connectivity index (χ4v) is 2.75. The number of methoxy groups -OCH3 is 1. The number of amides is 1. The fourth-order valence-electron chi connectivity index (χ4n) is 2.75. The van der Waals surface area contributed by atoms with E-state index in [0.29, 0.717) is 11.4 Å². The molecule has 1 aromatic carbocycles. The predicted octanol–water partition coefficient (Wildman–Crippen LogP) is 3.65. The van der Waals surface area contributed by atoms with E-state index in [1.54, 1.807) is 7.11 Å². The Morgan fingerprint density at radius 2 is 2.05 bits per heavy atom. The summed E-state index contributed by atoms with van der Waals surface area (Å²) in [7, 11) is 1.62. The van der Waals surface area contributed by atoms with Crippen LogP contribution >= 0.6 is 0 Å². The van der Waals surface area contributed by atoms with Crippen LogP contribution in [0, 0.1) is 5.92 Å². The minimum absolute atomic E-state index is 0.0915. The van der Waals surface area contributed by atoms with Crippen LogP contribution in [0.1, 0.15) is 39.0 Å². The first kappa shape index (κ1) is 14.7. The predicted molar refractivity (Wildman–Crippen MR) is 82.4 cm³/mol. The van der Waals surface area contributed by atoms with Crippen molar-refractivity contribution in [3.8, 4) is 5.75 Å². The normalized spacial score (nSPS) is 15.7. The van der Waals surface area contributed by atoms with Crippen molar-refractivity contribution < 1.29 is 9.53 Å². The number of carbonyl (C=O) groups excluding carboxylic acids is 1. The Bertz CT molecular complexity index is 454. The lowest BCUT2D eigenvalue weighted by atomic mass is 9.89. The molecule has 2 N–H and O–H groups in total. The van der Waals surface area contributed by atoms with Crippen LogP contribution in [0.4, 0.5) is 11.4 Å². The highest BCUT2D eigenvalue weighted by Crippen LogP contribution is 2.29. The maximum absolute atomic E-state index is 11.1. The largest absolute Gasteiger partial charge is 0.494 e. The van der Waals surface area contributed by atoms with Gasteiger partial charge in [0.1, 0.15) is 5.75 Å². The van der Waals surface area contributed by atoms with Crippen molar-refractivity contribution in [2.45, 2.75) is 39.0 Å². The van der Waals surface area contributed by atoms with Crippen LogP contribution in [0.15, 0.2) is 18.2 Å². The third-order valence-electron chi connectivity index (χ3n) is 3.83. The van der Waals surface area contributed by atoms with Crippen molar-refractivity contribution in [3.05, 3.63) is 18.2 Å². The van der Waals surface area contributed by atoms with Crippen LogP contribution in [0.3, 0.4) is 0 Å². The van der Waals surface area contributed by atoms with Crippen molar-refractivity contribution in [3.63, 3.8) is 0 Å². The Balaban J connectivity index is 1.96. The Hall–Kier alpha value is -1.71. The van der Waals surface area contributed by atoms with Crippen LogP contribution < -0.4 is 15.4 Å². The van der Waals surface area contributed by atoms with Crippen LogP contribution in [-0.2, 0) is 4.79 Å². The Morgan fingerprint density at radius 3 is 2.70 bits per heavy atom. The summed E-state index contributed by atoms with van der Waals surface area (Å²) in [5.41, 5.74) is 1.75. The molecule has 1 aliphatic carbocycles. The Labute approximate surface area is 120 Å². The van der Waals surface area contributed by atoms with E-state index in [4.69, 9.17) is 4.74 Å². The molecule has 0 bridgehead atoms. The second-order valence-electron chi connectivity index (χ2n) is 5.48. The van der Waals surface area contributed by atoms with Crippen LogP contribution in [0.5, 0.6) is 5.75 Å². The minimum Gasteiger partial charge on any atom is -0.494 e. The van der Waals surface area contributed by atoms with E-state index in [0.717, 1.165) is 18.2 Å². The summed E-state index contributed by atoms with van der Waals surface area (Å²) in [6.07, 6.45) is 6.76. The lowest BCUT2D eigenvalue weighted by molar-refractivity contribution is -0.114. The first-order valence-corrected chi connectivity index (χ1v) is 7.38. The van der Waals surface area contributed by atoms with Gasteiger partial charge in [-0.3, -0.25) is 4.79 Å². The average molecular weight is 276 g/mol. The smallest absolute Gasteiger partial charge is 0.221 e. The molecule has 110 valence electrons. The average Bonchev–Trinajstić information content (AvgIpc) is 2.46. The molecule has 4 heteroatoms. The second-order valence-corrected chi connectivity index (χ2v) is 5.48. The number of anilines is 2. The van der Waals surface area contributed by atoms with Gasteiger partial charge < -0.3 is 15.4 Å². The van der Waals surface area contributed by atoms with Crippen LogP contribution in [-0.4, -0.2) is 19.6 Å². The summed E-state index contributed by atoms with van der Waals surface area (Å²) in [5, 5.41) is 6.24. The van der Waals surface area contributed by atoms with E-state index in [2.05, 4.69) is 10.6 Å². The summed E-state index contributed by atoms with van der Waals surface area (Å²) < 4.78 is 5.32. The Morgan fingerprint density at radius 1 is 1.30 bits per heavy atom. The summed E-state index contributed by atoms with van der Waals surface area (Å²) in [6.45, 7) is 2.51. The van der Waals surface area contributed by atoms with E-state index >= 15 is 0 Å². The lowest BCUT2D eigenvalue weighted by Gasteiger charge is -2.22. The third kappa shape index (κ3) is 4.15. The van der Waals surface area contributed by atoms with E-state index in [1.807, 2.05) is 18.2 Å². The first-order chi connectivity index (χ1) is 9.69. The molecular formula is C16H24N2O2. The van der Waals surface area contributed by atoms with Gasteiger partial charge in [0.05, 0.1) is 12.8 Å². The van der Waals surface area contributed by atoms with Gasteiger partial charge >= 0.3 is 0 Å². The molecule has 1 amide bonds. The first-order valence-electron chi connectivity index (χ1n) is 7.38. The zero-order chi connectivity index (χ0) is 14.4. The van der Waals surface area contributed by atoms with Crippen molar-refractivity contribution in [1.82, 2.24) is 0 Å². The monoisotopic (exact) mass is 276 g/mol. The van der Waals surface area contributed by atoms with E-state index in [1.165, 1.54) is 39.0 Å². The molecule has 0 atom stereocenters. The molecule has 1 aliphatic rings. The van der Waals surface area contributed by atoms with Gasteiger partial charge in [-0.1, -0.05) is 19.3 Å². The zero-order valence-electron chi connectivity index (χ0n) is 12.4. The fraction of sp³-hybridized carbons (Fsp3) is 0.562. The quantitative estimate of drug-likeness (QED) is 0.863. The molecule has 0 aliphatic heterocycles. The number of hydrogen-bond acceptors (Lipinski definition) is 3. The van der Waals surface area contributed by atoms with Crippen molar-refractivity contribution in [2.24, 2.45) is 5.92 Å². The minimum atomic E-state index is -0.0915. The molecular weight excluding hydrogens is 252 g/mol. The maximum atomic E-state index is 11.1. The zero-order valence-corrected chi connectivity index (χ0v) is 12.4. The van der Waals surface area contributed by atoms with Crippen molar-refractivity contribution in [1.29, 1.82) is 0 Å². The molecule has 1 aromatic rings. The van der Waals surface area contributed by atoms with E-state index in [-0.39, 0.29) is 5.91 Å². The summed E-state index contributed by atoms with van der Waals surface area (Å²) in [5.74, 6) is 1.38. The van der Waals surface area contributed by atoms with E-state index in [9.17, 15) is 4.79 Å². The number of ether oxygens (including phenoxy) is 1. The van der Waals surface area contributed by atoms with Crippen molar-refractivity contribution >= 4 is 17.3 Å². The maximum Gasteiger partial charge on any atom is 0.221 e. The molecule has 0 aromatic heterocycles. The molecule has 2 rings (SSSR count). The number of carbonyl (C=O) groups is 1. The van der Waals surface area contributed by atoms with Gasteiger partial charge in [-0.15, -0.1) is 0 Å². The number of hydrogen-bond donors (Lipinski definition) is 2. The van der Waals surface area contributed by atoms with Gasteiger partial charge in [0.15, 0.2) is 0 Å². The molecule has 1 fully saturated rings. The highest BCUT2D eigenvalue weighted by Gasteiger charge is 2.13. The van der Waals surface area contributed by atoms with Gasteiger partial charge in [0.2, 0.25) is 5.91 Å². The lowest BCUT2D eigenvalue weighted by Crippen LogP contribution is -2.17. The summed E-state index contributed by atoms with van der Waals surface area (Å²) in [4.78, 5) is 11.1. The molecule has 20 heavy (non-hydrogen) atoms. The van der Waals surface area contributed by atoms with Gasteiger partial charge in [0.25, 0.3) is 0 Å². The SMILES string of the molecule is COc1cc(NCC2CCCCC2)ccc1NC(C)=O. The third-order valence-corrected chi connectivity index (χ3v) is 3.83. The highest BCUT2D eigenvalue weighted by molar-refractivity contribution is 5.90. The number of benzene rings is 1. The van der Waals surface area contributed by atoms with Crippen LogP contribution in [0.2, 0.25) is 0 Å². The number of rotatable bonds is 5. The molecule has 4 nitrogen and oxygen atoms in total. The Kier molecular flexibility index (Phi) is 5.27. The molecule has 0 unspecified atom stereocenters. The molecule has 0 saturated heterocycles. The molecule has 1 saturated carbocycles. The molecule has 0 radical (unpaired) electrons. The highest BCUT2D eigenvalue weighted by atomic mass is 16.5.